The van der Waals surface area contributed by atoms with Gasteiger partial charge in [0.1, 0.15) is 0 Å². The third-order valence-corrected chi connectivity index (χ3v) is 3.73. The molecule has 1 nitrogen and oxygen atoms in total. The van der Waals surface area contributed by atoms with Crippen LogP contribution in [0.2, 0.25) is 5.02 Å². The fourth-order valence-corrected chi connectivity index (χ4v) is 2.70. The molecule has 0 amide bonds. The van der Waals surface area contributed by atoms with E-state index in [9.17, 15) is 0 Å². The average Bonchev–Trinajstić information content (AvgIpc) is 2.71. The van der Waals surface area contributed by atoms with Gasteiger partial charge in [-0.2, -0.15) is 0 Å². The van der Waals surface area contributed by atoms with Crippen LogP contribution in [0.1, 0.15) is 12.0 Å². The molecule has 0 spiro atoms. The molecule has 0 radical (unpaired) electrons. The van der Waals surface area contributed by atoms with E-state index in [2.05, 4.69) is 17.4 Å². The molecule has 2 heteroatoms. The summed E-state index contributed by atoms with van der Waals surface area (Å²) in [6, 6.07) is 8.35. The Bertz CT molecular complexity index is 332. The van der Waals surface area contributed by atoms with Crippen LogP contribution in [-0.4, -0.2) is 13.1 Å². The highest BCUT2D eigenvalue weighted by molar-refractivity contribution is 6.30. The van der Waals surface area contributed by atoms with E-state index in [1.807, 2.05) is 12.1 Å². The Kier molecular flexibility index (Phi) is 1.50. The van der Waals surface area contributed by atoms with Gasteiger partial charge in [-0.05, 0) is 36.6 Å². The third kappa shape index (κ3) is 1.04. The van der Waals surface area contributed by atoms with E-state index in [1.54, 1.807) is 0 Å². The maximum atomic E-state index is 5.86. The van der Waals surface area contributed by atoms with Crippen molar-refractivity contribution >= 4 is 11.6 Å². The van der Waals surface area contributed by atoms with Crippen LogP contribution in [0.15, 0.2) is 24.3 Å². The minimum atomic E-state index is 0.477. The van der Waals surface area contributed by atoms with E-state index in [0.717, 1.165) is 17.5 Å². The van der Waals surface area contributed by atoms with Crippen LogP contribution < -0.4 is 5.32 Å². The van der Waals surface area contributed by atoms with Crippen LogP contribution in [0, 0.1) is 5.92 Å². The molecular weight excluding hydrogens is 182 g/mol. The van der Waals surface area contributed by atoms with Crippen molar-refractivity contribution in [2.75, 3.05) is 13.1 Å². The Morgan fingerprint density at radius 1 is 1.31 bits per heavy atom. The normalized spacial score (nSPS) is 35.9. The molecule has 1 saturated carbocycles. The molecule has 2 aliphatic rings. The monoisotopic (exact) mass is 193 g/mol. The largest absolute Gasteiger partial charge is 0.316 e. The van der Waals surface area contributed by atoms with Crippen molar-refractivity contribution in [1.29, 1.82) is 0 Å². The van der Waals surface area contributed by atoms with Gasteiger partial charge >= 0.3 is 0 Å². The van der Waals surface area contributed by atoms with E-state index in [-0.39, 0.29) is 0 Å². The van der Waals surface area contributed by atoms with Gasteiger partial charge in [-0.1, -0.05) is 23.7 Å². The lowest BCUT2D eigenvalue weighted by molar-refractivity contribution is 0.676. The van der Waals surface area contributed by atoms with Gasteiger partial charge in [0, 0.05) is 17.0 Å². The van der Waals surface area contributed by atoms with Gasteiger partial charge < -0.3 is 5.32 Å². The molecule has 13 heavy (non-hydrogen) atoms. The molecule has 2 atom stereocenters. The summed E-state index contributed by atoms with van der Waals surface area (Å²) in [5.41, 5.74) is 1.94. The molecular formula is C11H12ClN. The van der Waals surface area contributed by atoms with Gasteiger partial charge in [0.2, 0.25) is 0 Å². The maximum Gasteiger partial charge on any atom is 0.0406 e. The summed E-state index contributed by atoms with van der Waals surface area (Å²) in [5.74, 6) is 0.883. The minimum Gasteiger partial charge on any atom is -0.316 e. The van der Waals surface area contributed by atoms with E-state index in [1.165, 1.54) is 18.5 Å². The van der Waals surface area contributed by atoms with Crippen molar-refractivity contribution < 1.29 is 0 Å². The summed E-state index contributed by atoms with van der Waals surface area (Å²) in [7, 11) is 0. The molecule has 1 aliphatic heterocycles. The van der Waals surface area contributed by atoms with Crippen LogP contribution in [-0.2, 0) is 5.41 Å². The summed E-state index contributed by atoms with van der Waals surface area (Å²) < 4.78 is 0. The number of hydrogen-bond donors (Lipinski definition) is 1. The number of rotatable bonds is 1. The lowest BCUT2D eigenvalue weighted by atomic mass is 9.95. The van der Waals surface area contributed by atoms with Crippen LogP contribution in [0.4, 0.5) is 0 Å². The molecule has 3 rings (SSSR count). The van der Waals surface area contributed by atoms with E-state index in [4.69, 9.17) is 11.6 Å². The second-order valence-corrected chi connectivity index (χ2v) is 4.63. The first-order chi connectivity index (χ1) is 6.31. The summed E-state index contributed by atoms with van der Waals surface area (Å²) in [5, 5.41) is 4.28. The van der Waals surface area contributed by atoms with Crippen molar-refractivity contribution in [2.24, 2.45) is 5.92 Å². The number of fused-ring (bicyclic) bond motifs is 1. The summed E-state index contributed by atoms with van der Waals surface area (Å²) in [6.45, 7) is 2.35. The molecule has 1 aromatic carbocycles. The van der Waals surface area contributed by atoms with Gasteiger partial charge in [0.15, 0.2) is 0 Å². The molecule has 0 bridgehead atoms. The van der Waals surface area contributed by atoms with Gasteiger partial charge in [-0.15, -0.1) is 0 Å². The zero-order valence-electron chi connectivity index (χ0n) is 7.39. The Balaban J connectivity index is 1.97. The van der Waals surface area contributed by atoms with Crippen LogP contribution in [0.5, 0.6) is 0 Å². The van der Waals surface area contributed by atoms with E-state index < -0.39 is 0 Å². The predicted octanol–water partition coefficient (Wildman–Crippen LogP) is 2.20. The van der Waals surface area contributed by atoms with Crippen LogP contribution >= 0.6 is 11.6 Å². The smallest absolute Gasteiger partial charge is 0.0406 e. The number of hydrogen-bond acceptors (Lipinski definition) is 1. The number of piperidine rings is 1. The summed E-state index contributed by atoms with van der Waals surface area (Å²) in [6.07, 6.45) is 1.36. The van der Waals surface area contributed by atoms with Crippen molar-refractivity contribution in [3.05, 3.63) is 34.9 Å². The zero-order valence-corrected chi connectivity index (χ0v) is 8.14. The molecule has 68 valence electrons. The van der Waals surface area contributed by atoms with Crippen LogP contribution in [0.3, 0.4) is 0 Å². The summed E-state index contributed by atoms with van der Waals surface area (Å²) >= 11 is 5.86. The third-order valence-electron chi connectivity index (χ3n) is 3.48. The van der Waals surface area contributed by atoms with Gasteiger partial charge in [-0.3, -0.25) is 0 Å². The second-order valence-electron chi connectivity index (χ2n) is 4.19. The zero-order chi connectivity index (χ0) is 8.89. The fraction of sp³-hybridized carbons (Fsp3) is 0.455. The van der Waals surface area contributed by atoms with Gasteiger partial charge in [0.05, 0.1) is 0 Å². The van der Waals surface area contributed by atoms with Crippen molar-refractivity contribution in [2.45, 2.75) is 11.8 Å². The molecule has 1 unspecified atom stereocenters. The highest BCUT2D eigenvalue weighted by Crippen LogP contribution is 2.56. The first-order valence-electron chi connectivity index (χ1n) is 4.78. The van der Waals surface area contributed by atoms with Crippen molar-refractivity contribution in [3.8, 4) is 0 Å². The van der Waals surface area contributed by atoms with Gasteiger partial charge in [0.25, 0.3) is 0 Å². The average molecular weight is 194 g/mol. The quantitative estimate of drug-likeness (QED) is 0.721. The number of benzene rings is 1. The topological polar surface area (TPSA) is 12.0 Å². The maximum absolute atomic E-state index is 5.86. The molecule has 1 heterocycles. The number of halogens is 1. The molecule has 1 saturated heterocycles. The Morgan fingerprint density at radius 3 is 2.62 bits per heavy atom. The van der Waals surface area contributed by atoms with Gasteiger partial charge in [-0.25, -0.2) is 0 Å². The second kappa shape index (κ2) is 2.49. The highest BCUT2D eigenvalue weighted by atomic mass is 35.5. The van der Waals surface area contributed by atoms with E-state index in [0.29, 0.717) is 5.41 Å². The standard InChI is InChI=1S/C11H12ClN/c12-10-3-1-8(2-4-10)11-5-9(11)6-13-7-11/h1-4,9,13H,5-7H2/t9-,11?/m1/s1. The molecule has 1 aromatic rings. The SMILES string of the molecule is Clc1ccc(C23CNC[C@H]2C3)cc1. The first-order valence-corrected chi connectivity index (χ1v) is 5.16. The first kappa shape index (κ1) is 7.84. The Morgan fingerprint density at radius 2 is 2.08 bits per heavy atom. The molecule has 2 fully saturated rings. The number of nitrogens with one attached hydrogen (secondary N) is 1. The minimum absolute atomic E-state index is 0.477. The van der Waals surface area contributed by atoms with E-state index >= 15 is 0 Å². The molecule has 1 N–H and O–H groups in total. The molecule has 0 aromatic heterocycles. The lowest BCUT2D eigenvalue weighted by Gasteiger charge is -2.11. The lowest BCUT2D eigenvalue weighted by Crippen LogP contribution is -2.18. The Labute approximate surface area is 83.1 Å². The highest BCUT2D eigenvalue weighted by Gasteiger charge is 2.57. The molecule has 1 aliphatic carbocycles. The Hall–Kier alpha value is -0.530. The summed E-state index contributed by atoms with van der Waals surface area (Å²) in [4.78, 5) is 0. The predicted molar refractivity (Wildman–Crippen MR) is 54.1 cm³/mol. The van der Waals surface area contributed by atoms with Crippen molar-refractivity contribution in [1.82, 2.24) is 5.32 Å². The van der Waals surface area contributed by atoms with Crippen LogP contribution in [0.25, 0.3) is 0 Å². The van der Waals surface area contributed by atoms with Crippen molar-refractivity contribution in [3.63, 3.8) is 0 Å². The fourth-order valence-electron chi connectivity index (χ4n) is 2.57.